The third kappa shape index (κ3) is 4.59. The van der Waals surface area contributed by atoms with E-state index in [0.29, 0.717) is 28.4 Å². The lowest BCUT2D eigenvalue weighted by Crippen LogP contribution is -2.36. The summed E-state index contributed by atoms with van der Waals surface area (Å²) in [5.74, 6) is -0.821. The Labute approximate surface area is 184 Å². The van der Waals surface area contributed by atoms with Gasteiger partial charge in [0.1, 0.15) is 4.21 Å². The number of fused-ring (bicyclic) bond motifs is 1. The average molecular weight is 469 g/mol. The van der Waals surface area contributed by atoms with Gasteiger partial charge in [0.25, 0.3) is 10.0 Å². The molecule has 160 valence electrons. The van der Waals surface area contributed by atoms with Gasteiger partial charge in [-0.1, -0.05) is 35.9 Å². The summed E-state index contributed by atoms with van der Waals surface area (Å²) in [6.45, 7) is 4.13. The number of nitrogens with zero attached hydrogens (tertiary/aromatic N) is 1. The highest BCUT2D eigenvalue weighted by atomic mass is 35.5. The molecular formula is C20H21ClN2O5S2. The van der Waals surface area contributed by atoms with Crippen LogP contribution in [0.25, 0.3) is 0 Å². The van der Waals surface area contributed by atoms with Gasteiger partial charge in [-0.15, -0.1) is 17.9 Å². The molecule has 10 heteroatoms. The third-order valence-corrected chi connectivity index (χ3v) is 8.26. The van der Waals surface area contributed by atoms with Crippen LogP contribution in [0.1, 0.15) is 26.4 Å². The van der Waals surface area contributed by atoms with Gasteiger partial charge in [0.15, 0.2) is 0 Å². The molecule has 3 rings (SSSR count). The SMILES string of the molecule is C=CCNS(=O)(=O)c1sc2c(c1C(=O)OC)CCN(C(=O)Cc1ccccc1Cl)C2. The molecule has 0 saturated carbocycles. The maximum absolute atomic E-state index is 12.8. The number of esters is 1. The summed E-state index contributed by atoms with van der Waals surface area (Å²) in [5.41, 5.74) is 1.40. The molecule has 1 N–H and O–H groups in total. The first-order chi connectivity index (χ1) is 14.3. The summed E-state index contributed by atoms with van der Waals surface area (Å²) in [6.07, 6.45) is 1.93. The zero-order chi connectivity index (χ0) is 21.9. The van der Waals surface area contributed by atoms with Crippen molar-refractivity contribution in [2.45, 2.75) is 23.6 Å². The van der Waals surface area contributed by atoms with Crippen molar-refractivity contribution < 1.29 is 22.7 Å². The van der Waals surface area contributed by atoms with E-state index in [2.05, 4.69) is 11.3 Å². The molecule has 0 fully saturated rings. The molecule has 0 unspecified atom stereocenters. The minimum atomic E-state index is -3.92. The van der Waals surface area contributed by atoms with E-state index in [4.69, 9.17) is 16.3 Å². The van der Waals surface area contributed by atoms with Gasteiger partial charge in [-0.25, -0.2) is 17.9 Å². The van der Waals surface area contributed by atoms with Crippen molar-refractivity contribution in [1.82, 2.24) is 9.62 Å². The van der Waals surface area contributed by atoms with Crippen molar-refractivity contribution in [3.05, 3.63) is 63.5 Å². The molecule has 7 nitrogen and oxygen atoms in total. The van der Waals surface area contributed by atoms with Crippen LogP contribution in [0.5, 0.6) is 0 Å². The summed E-state index contributed by atoms with van der Waals surface area (Å²) >= 11 is 7.14. The highest BCUT2D eigenvalue weighted by Crippen LogP contribution is 2.36. The molecule has 1 amide bonds. The fourth-order valence-electron chi connectivity index (χ4n) is 3.24. The number of hydrogen-bond donors (Lipinski definition) is 1. The molecule has 0 radical (unpaired) electrons. The second-order valence-corrected chi connectivity index (χ2v) is 10.1. The Kier molecular flexibility index (Phi) is 6.97. The highest BCUT2D eigenvalue weighted by Gasteiger charge is 2.34. The molecule has 0 bridgehead atoms. The second kappa shape index (κ2) is 9.30. The zero-order valence-corrected chi connectivity index (χ0v) is 18.7. The van der Waals surface area contributed by atoms with Crippen LogP contribution in [-0.4, -0.2) is 45.4 Å². The average Bonchev–Trinajstić information content (AvgIpc) is 3.13. The van der Waals surface area contributed by atoms with Crippen LogP contribution in [-0.2, 0) is 38.9 Å². The fraction of sp³-hybridized carbons (Fsp3) is 0.300. The maximum Gasteiger partial charge on any atom is 0.340 e. The maximum atomic E-state index is 12.8. The van der Waals surface area contributed by atoms with Crippen LogP contribution in [0.2, 0.25) is 5.02 Å². The summed E-state index contributed by atoms with van der Waals surface area (Å²) in [6, 6.07) is 7.14. The van der Waals surface area contributed by atoms with Crippen molar-refractivity contribution in [2.24, 2.45) is 0 Å². The normalized spacial score (nSPS) is 13.6. The predicted octanol–water partition coefficient (Wildman–Crippen LogP) is 2.78. The van der Waals surface area contributed by atoms with Gasteiger partial charge in [0, 0.05) is 23.0 Å². The molecule has 1 aromatic heterocycles. The Morgan fingerprint density at radius 1 is 1.37 bits per heavy atom. The number of nitrogens with one attached hydrogen (secondary N) is 1. The smallest absolute Gasteiger partial charge is 0.340 e. The topological polar surface area (TPSA) is 92.8 Å². The van der Waals surface area contributed by atoms with Gasteiger partial charge in [0.05, 0.1) is 25.6 Å². The van der Waals surface area contributed by atoms with Gasteiger partial charge < -0.3 is 9.64 Å². The molecule has 1 aliphatic heterocycles. The third-order valence-electron chi connectivity index (χ3n) is 4.73. The largest absolute Gasteiger partial charge is 0.465 e. The number of carbonyl (C=O) groups excluding carboxylic acids is 2. The van der Waals surface area contributed by atoms with E-state index in [9.17, 15) is 18.0 Å². The predicted molar refractivity (Wildman–Crippen MR) is 115 cm³/mol. The van der Waals surface area contributed by atoms with Crippen molar-refractivity contribution in [2.75, 3.05) is 20.2 Å². The van der Waals surface area contributed by atoms with Crippen LogP contribution in [0.15, 0.2) is 41.1 Å². The first-order valence-corrected chi connectivity index (χ1v) is 11.8. The van der Waals surface area contributed by atoms with E-state index in [0.717, 1.165) is 16.9 Å². The zero-order valence-electron chi connectivity index (χ0n) is 16.3. The first kappa shape index (κ1) is 22.5. The lowest BCUT2D eigenvalue weighted by Gasteiger charge is -2.27. The minimum Gasteiger partial charge on any atom is -0.465 e. The number of hydrogen-bond acceptors (Lipinski definition) is 6. The van der Waals surface area contributed by atoms with Crippen LogP contribution < -0.4 is 4.72 Å². The van der Waals surface area contributed by atoms with Crippen molar-refractivity contribution in [1.29, 1.82) is 0 Å². The summed E-state index contributed by atoms with van der Waals surface area (Å²) in [4.78, 5) is 27.5. The lowest BCUT2D eigenvalue weighted by molar-refractivity contribution is -0.131. The quantitative estimate of drug-likeness (QED) is 0.498. The van der Waals surface area contributed by atoms with E-state index in [1.807, 2.05) is 6.07 Å². The fourth-order valence-corrected chi connectivity index (χ4v) is 6.38. The Hall–Kier alpha value is -2.20. The number of halogens is 1. The molecule has 0 saturated heterocycles. The molecule has 2 heterocycles. The Balaban J connectivity index is 1.90. The van der Waals surface area contributed by atoms with Crippen LogP contribution in [0.3, 0.4) is 0 Å². The van der Waals surface area contributed by atoms with Gasteiger partial charge in [-0.05, 0) is 23.6 Å². The van der Waals surface area contributed by atoms with E-state index in [1.54, 1.807) is 23.1 Å². The summed E-state index contributed by atoms with van der Waals surface area (Å²) < 4.78 is 32.5. The number of amides is 1. The Morgan fingerprint density at radius 2 is 2.10 bits per heavy atom. The number of ether oxygens (including phenoxy) is 1. The van der Waals surface area contributed by atoms with Gasteiger partial charge >= 0.3 is 5.97 Å². The van der Waals surface area contributed by atoms with E-state index < -0.39 is 16.0 Å². The number of carbonyl (C=O) groups is 2. The molecular weight excluding hydrogens is 448 g/mol. The van der Waals surface area contributed by atoms with Gasteiger partial charge in [-0.3, -0.25) is 4.79 Å². The number of benzene rings is 1. The number of rotatable bonds is 7. The standard InChI is InChI=1S/C20H21ClN2O5S2/c1-3-9-22-30(26,27)20-18(19(25)28-2)14-8-10-23(12-16(14)29-20)17(24)11-13-6-4-5-7-15(13)21/h3-7,22H,1,8-12H2,2H3. The lowest BCUT2D eigenvalue weighted by atomic mass is 10.0. The molecule has 0 atom stereocenters. The summed E-state index contributed by atoms with van der Waals surface area (Å²) in [5, 5.41) is 0.523. The minimum absolute atomic E-state index is 0.0357. The molecule has 2 aromatic rings. The van der Waals surface area contributed by atoms with Crippen molar-refractivity contribution >= 4 is 44.8 Å². The highest BCUT2D eigenvalue weighted by molar-refractivity contribution is 7.91. The Bertz CT molecular complexity index is 1090. The first-order valence-electron chi connectivity index (χ1n) is 9.13. The molecule has 1 aliphatic rings. The molecule has 0 aliphatic carbocycles. The molecule has 0 spiro atoms. The summed E-state index contributed by atoms with van der Waals surface area (Å²) in [7, 11) is -2.71. The Morgan fingerprint density at radius 3 is 2.77 bits per heavy atom. The van der Waals surface area contributed by atoms with Crippen molar-refractivity contribution in [3.8, 4) is 0 Å². The van der Waals surface area contributed by atoms with E-state index >= 15 is 0 Å². The van der Waals surface area contributed by atoms with Crippen molar-refractivity contribution in [3.63, 3.8) is 0 Å². The van der Waals surface area contributed by atoms with Crippen LogP contribution in [0.4, 0.5) is 0 Å². The number of methoxy groups -OCH3 is 1. The van der Waals surface area contributed by atoms with Crippen LogP contribution >= 0.6 is 22.9 Å². The van der Waals surface area contributed by atoms with Crippen LogP contribution in [0, 0.1) is 0 Å². The molecule has 1 aromatic carbocycles. The van der Waals surface area contributed by atoms with Gasteiger partial charge in [-0.2, -0.15) is 0 Å². The monoisotopic (exact) mass is 468 g/mol. The second-order valence-electron chi connectivity index (χ2n) is 6.63. The van der Waals surface area contributed by atoms with E-state index in [-0.39, 0.29) is 35.2 Å². The number of sulfonamides is 1. The van der Waals surface area contributed by atoms with Gasteiger partial charge in [0.2, 0.25) is 5.91 Å². The number of thiophene rings is 1. The molecule has 30 heavy (non-hydrogen) atoms. The van der Waals surface area contributed by atoms with E-state index in [1.165, 1.54) is 13.2 Å².